The van der Waals surface area contributed by atoms with Gasteiger partial charge in [-0.05, 0) is 78.2 Å². The molecule has 1 heterocycles. The van der Waals surface area contributed by atoms with Gasteiger partial charge in [0, 0.05) is 17.3 Å². The summed E-state index contributed by atoms with van der Waals surface area (Å²) >= 11 is 1.27. The number of unbranched alkanes of at least 4 members (excludes halogenated alkanes) is 1. The van der Waals surface area contributed by atoms with E-state index < -0.39 is 0 Å². The van der Waals surface area contributed by atoms with Gasteiger partial charge in [0.05, 0.1) is 6.61 Å². The second-order valence-electron chi connectivity index (χ2n) is 5.84. The molecule has 2 aromatic carbocycles. The van der Waals surface area contributed by atoms with Crippen LogP contribution in [0.2, 0.25) is 0 Å². The van der Waals surface area contributed by atoms with Crippen molar-refractivity contribution >= 4 is 11.9 Å². The van der Waals surface area contributed by atoms with Gasteiger partial charge in [0.2, 0.25) is 0 Å². The van der Waals surface area contributed by atoms with Crippen LogP contribution in [0.25, 0.3) is 11.1 Å². The molecule has 0 amide bonds. The molecule has 1 aromatic heterocycles. The summed E-state index contributed by atoms with van der Waals surface area (Å²) in [6, 6.07) is 20.6. The Morgan fingerprint density at radius 3 is 2.56 bits per heavy atom. The van der Waals surface area contributed by atoms with Crippen molar-refractivity contribution in [3.05, 3.63) is 78.6 Å². The van der Waals surface area contributed by atoms with Crippen LogP contribution in [0.15, 0.2) is 78.0 Å². The Morgan fingerprint density at radius 1 is 0.920 bits per heavy atom. The minimum Gasteiger partial charge on any atom is -0.494 e. The summed E-state index contributed by atoms with van der Waals surface area (Å²) in [6.45, 7) is 0.735. The summed E-state index contributed by atoms with van der Waals surface area (Å²) in [5.41, 5.74) is 3.61. The number of benzene rings is 2. The molecule has 0 fully saturated rings. The number of nitrogens with zero attached hydrogens (tertiary/aromatic N) is 1. The van der Waals surface area contributed by atoms with Gasteiger partial charge >= 0.3 is 0 Å². The van der Waals surface area contributed by atoms with Gasteiger partial charge in [0.1, 0.15) is 5.75 Å². The highest BCUT2D eigenvalue weighted by Crippen LogP contribution is 2.25. The smallest absolute Gasteiger partial charge is 0.119 e. The topological polar surface area (TPSA) is 48.1 Å². The number of rotatable bonds is 8. The first-order valence-electron chi connectivity index (χ1n) is 8.44. The number of pyridine rings is 1. The fraction of sp³-hybridized carbons (Fsp3) is 0.190. The van der Waals surface area contributed by atoms with Crippen molar-refractivity contribution in [3.8, 4) is 16.9 Å². The Morgan fingerprint density at radius 2 is 1.80 bits per heavy atom. The van der Waals surface area contributed by atoms with Crippen LogP contribution in [0.4, 0.5) is 0 Å². The summed E-state index contributed by atoms with van der Waals surface area (Å²) in [6.07, 6.45) is 6.92. The van der Waals surface area contributed by atoms with E-state index in [0.29, 0.717) is 0 Å². The Bertz CT molecular complexity index is 775. The zero-order valence-corrected chi connectivity index (χ0v) is 14.9. The first-order chi connectivity index (χ1) is 12.3. The molecule has 2 N–H and O–H groups in total. The van der Waals surface area contributed by atoms with Gasteiger partial charge in [0.25, 0.3) is 0 Å². The van der Waals surface area contributed by atoms with E-state index in [4.69, 9.17) is 9.88 Å². The molecular weight excluding hydrogens is 328 g/mol. The zero-order chi connectivity index (χ0) is 17.3. The molecule has 3 rings (SSSR count). The molecule has 0 saturated carbocycles. The van der Waals surface area contributed by atoms with E-state index in [9.17, 15) is 0 Å². The summed E-state index contributed by atoms with van der Waals surface area (Å²) < 4.78 is 5.84. The summed E-state index contributed by atoms with van der Waals surface area (Å²) in [5.74, 6) is 0.912. The van der Waals surface area contributed by atoms with E-state index in [0.717, 1.165) is 36.5 Å². The lowest BCUT2D eigenvalue weighted by molar-refractivity contribution is 0.307. The van der Waals surface area contributed by atoms with Crippen LogP contribution in [0.5, 0.6) is 5.75 Å². The Kier molecular flexibility index (Phi) is 6.48. The van der Waals surface area contributed by atoms with Crippen molar-refractivity contribution in [2.45, 2.75) is 24.2 Å². The lowest BCUT2D eigenvalue weighted by Crippen LogP contribution is -1.98. The quantitative estimate of drug-likeness (QED) is 0.453. The third kappa shape index (κ3) is 5.34. The number of nitrogens with two attached hydrogens (primary N) is 1. The molecule has 0 radical (unpaired) electrons. The van der Waals surface area contributed by atoms with Gasteiger partial charge in [-0.2, -0.15) is 0 Å². The molecule has 0 aliphatic heterocycles. The van der Waals surface area contributed by atoms with Crippen LogP contribution >= 0.6 is 11.9 Å². The standard InChI is InChI=1S/C21H22N2OS/c22-25-21-8-3-7-19(15-21)18-9-11-20(12-10-18)24-14-2-1-5-17-6-4-13-23-16-17/h3-4,6-13,15-16H,1-2,5,14,22H2. The van der Waals surface area contributed by atoms with Crippen LogP contribution in [0.3, 0.4) is 0 Å². The van der Waals surface area contributed by atoms with E-state index in [-0.39, 0.29) is 0 Å². The lowest BCUT2D eigenvalue weighted by atomic mass is 10.1. The van der Waals surface area contributed by atoms with Gasteiger partial charge in [-0.25, -0.2) is 0 Å². The van der Waals surface area contributed by atoms with E-state index in [1.54, 1.807) is 6.20 Å². The molecule has 25 heavy (non-hydrogen) atoms. The second kappa shape index (κ2) is 9.25. The number of aryl methyl sites for hydroxylation is 1. The predicted octanol–water partition coefficient (Wildman–Crippen LogP) is 5.12. The highest BCUT2D eigenvalue weighted by molar-refractivity contribution is 7.97. The number of hydrogen-bond acceptors (Lipinski definition) is 4. The Hall–Kier alpha value is -2.30. The van der Waals surface area contributed by atoms with Gasteiger partial charge in [-0.15, -0.1) is 0 Å². The van der Waals surface area contributed by atoms with Gasteiger partial charge in [0.15, 0.2) is 0 Å². The molecule has 0 aliphatic rings. The minimum atomic E-state index is 0.735. The highest BCUT2D eigenvalue weighted by atomic mass is 32.2. The van der Waals surface area contributed by atoms with Crippen molar-refractivity contribution in [1.82, 2.24) is 4.98 Å². The molecule has 0 spiro atoms. The summed E-state index contributed by atoms with van der Waals surface area (Å²) in [7, 11) is 0. The fourth-order valence-electron chi connectivity index (χ4n) is 2.66. The average molecular weight is 350 g/mol. The van der Waals surface area contributed by atoms with E-state index in [1.807, 2.05) is 36.5 Å². The predicted molar refractivity (Wildman–Crippen MR) is 105 cm³/mol. The van der Waals surface area contributed by atoms with Crippen molar-refractivity contribution in [2.24, 2.45) is 5.14 Å². The first kappa shape index (κ1) is 17.5. The Balaban J connectivity index is 1.46. The van der Waals surface area contributed by atoms with Crippen molar-refractivity contribution in [3.63, 3.8) is 0 Å². The van der Waals surface area contributed by atoms with Crippen LogP contribution < -0.4 is 9.88 Å². The Labute approximate surface area is 153 Å². The highest BCUT2D eigenvalue weighted by Gasteiger charge is 2.01. The summed E-state index contributed by atoms with van der Waals surface area (Å²) in [4.78, 5) is 5.20. The minimum absolute atomic E-state index is 0.735. The van der Waals surface area contributed by atoms with Crippen molar-refractivity contribution < 1.29 is 4.74 Å². The molecule has 0 unspecified atom stereocenters. The molecule has 0 bridgehead atoms. The maximum atomic E-state index is 5.84. The molecule has 3 aromatic rings. The number of aromatic nitrogens is 1. The molecule has 3 nitrogen and oxygen atoms in total. The zero-order valence-electron chi connectivity index (χ0n) is 14.1. The molecule has 0 aliphatic carbocycles. The van der Waals surface area contributed by atoms with E-state index in [1.165, 1.54) is 28.6 Å². The maximum Gasteiger partial charge on any atom is 0.119 e. The molecule has 0 saturated heterocycles. The first-order valence-corrected chi connectivity index (χ1v) is 9.32. The SMILES string of the molecule is NSc1cccc(-c2ccc(OCCCCc3cccnc3)cc2)c1. The second-order valence-corrected chi connectivity index (χ2v) is 6.54. The largest absolute Gasteiger partial charge is 0.494 e. The lowest BCUT2D eigenvalue weighted by Gasteiger charge is -2.08. The van der Waals surface area contributed by atoms with Crippen LogP contribution in [0, 0.1) is 0 Å². The fourth-order valence-corrected chi connectivity index (χ4v) is 3.01. The maximum absolute atomic E-state index is 5.84. The van der Waals surface area contributed by atoms with E-state index in [2.05, 4.69) is 35.3 Å². The molecular formula is C21H22N2OS. The van der Waals surface area contributed by atoms with Crippen LogP contribution in [-0.2, 0) is 6.42 Å². The summed E-state index contributed by atoms with van der Waals surface area (Å²) in [5, 5.41) is 5.63. The van der Waals surface area contributed by atoms with Crippen LogP contribution in [-0.4, -0.2) is 11.6 Å². The number of ether oxygens (including phenoxy) is 1. The van der Waals surface area contributed by atoms with Crippen molar-refractivity contribution in [2.75, 3.05) is 6.61 Å². The van der Waals surface area contributed by atoms with Crippen LogP contribution in [0.1, 0.15) is 18.4 Å². The molecule has 0 atom stereocenters. The monoisotopic (exact) mass is 350 g/mol. The van der Waals surface area contributed by atoms with E-state index >= 15 is 0 Å². The molecule has 128 valence electrons. The molecule has 4 heteroatoms. The van der Waals surface area contributed by atoms with Crippen molar-refractivity contribution in [1.29, 1.82) is 0 Å². The normalized spacial score (nSPS) is 10.6. The van der Waals surface area contributed by atoms with Gasteiger partial charge in [-0.3, -0.25) is 10.1 Å². The van der Waals surface area contributed by atoms with Gasteiger partial charge < -0.3 is 4.74 Å². The average Bonchev–Trinajstić information content (AvgIpc) is 2.69. The third-order valence-corrected chi connectivity index (χ3v) is 4.54. The number of hydrogen-bond donors (Lipinski definition) is 1. The third-order valence-electron chi connectivity index (χ3n) is 4.01. The van der Waals surface area contributed by atoms with Gasteiger partial charge in [-0.1, -0.05) is 30.3 Å².